The molecular formula is C16H20N2O. The van der Waals surface area contributed by atoms with Gasteiger partial charge in [0.2, 0.25) is 0 Å². The first kappa shape index (κ1) is 12.4. The topological polar surface area (TPSA) is 34.1 Å². The van der Waals surface area contributed by atoms with Gasteiger partial charge in [-0.1, -0.05) is 18.2 Å². The Morgan fingerprint density at radius 2 is 2.11 bits per heavy atom. The molecule has 1 saturated heterocycles. The van der Waals surface area contributed by atoms with E-state index in [9.17, 15) is 0 Å². The minimum Gasteiger partial charge on any atom is -0.381 e. The van der Waals surface area contributed by atoms with E-state index in [1.165, 1.54) is 11.8 Å². The van der Waals surface area contributed by atoms with E-state index in [0.717, 1.165) is 43.0 Å². The lowest BCUT2D eigenvalue weighted by molar-refractivity contribution is 0.144. The Bertz CT molecular complexity index is 560. The Hall–Kier alpha value is -1.61. The van der Waals surface area contributed by atoms with Crippen LogP contribution in [-0.2, 0) is 4.74 Å². The van der Waals surface area contributed by atoms with Crippen LogP contribution < -0.4 is 5.32 Å². The number of anilines is 1. The molecule has 0 bridgehead atoms. The molecule has 2 aromatic rings. The summed E-state index contributed by atoms with van der Waals surface area (Å²) in [7, 11) is 0. The number of aromatic nitrogens is 1. The maximum Gasteiger partial charge on any atom is 0.0936 e. The summed E-state index contributed by atoms with van der Waals surface area (Å²) in [5, 5.41) is 4.84. The zero-order valence-corrected chi connectivity index (χ0v) is 11.4. The maximum absolute atomic E-state index is 5.51. The van der Waals surface area contributed by atoms with Gasteiger partial charge in [0.15, 0.2) is 0 Å². The summed E-state index contributed by atoms with van der Waals surface area (Å²) in [5.74, 6) is 0. The Morgan fingerprint density at radius 1 is 1.16 bits per heavy atom. The van der Waals surface area contributed by atoms with E-state index in [2.05, 4.69) is 40.6 Å². The average molecular weight is 256 g/mol. The molecule has 2 heterocycles. The van der Waals surface area contributed by atoms with Crippen LogP contribution in [0.1, 0.15) is 25.0 Å². The number of benzene rings is 1. The van der Waals surface area contributed by atoms with Gasteiger partial charge in [0.05, 0.1) is 11.2 Å². The molecule has 1 aliphatic rings. The molecule has 0 radical (unpaired) electrons. The van der Waals surface area contributed by atoms with Gasteiger partial charge in [0.25, 0.3) is 0 Å². The lowest BCUT2D eigenvalue weighted by Crippen LogP contribution is -2.19. The molecule has 3 nitrogen and oxygen atoms in total. The molecule has 0 amide bonds. The average Bonchev–Trinajstić information content (AvgIpc) is 2.68. The first-order valence-corrected chi connectivity index (χ1v) is 7.03. The highest BCUT2D eigenvalue weighted by Crippen LogP contribution is 2.24. The van der Waals surface area contributed by atoms with E-state index >= 15 is 0 Å². The quantitative estimate of drug-likeness (QED) is 0.892. The third-order valence-electron chi connectivity index (χ3n) is 3.67. The summed E-state index contributed by atoms with van der Waals surface area (Å²) < 4.78 is 5.51. The van der Waals surface area contributed by atoms with Gasteiger partial charge in [-0.25, -0.2) is 0 Å². The number of hydrogen-bond acceptors (Lipinski definition) is 3. The summed E-state index contributed by atoms with van der Waals surface area (Å²) >= 11 is 0. The van der Waals surface area contributed by atoms with Gasteiger partial charge in [0.1, 0.15) is 0 Å². The van der Waals surface area contributed by atoms with E-state index in [1.807, 2.05) is 6.92 Å². The molecule has 1 aromatic carbocycles. The number of nitrogens with zero attached hydrogens (tertiary/aromatic N) is 1. The molecule has 19 heavy (non-hydrogen) atoms. The van der Waals surface area contributed by atoms with Crippen molar-refractivity contribution in [1.29, 1.82) is 0 Å². The molecule has 100 valence electrons. The molecule has 0 saturated carbocycles. The molecular weight excluding hydrogens is 236 g/mol. The number of pyridine rings is 1. The van der Waals surface area contributed by atoms with Crippen LogP contribution in [0.2, 0.25) is 0 Å². The monoisotopic (exact) mass is 256 g/mol. The summed E-state index contributed by atoms with van der Waals surface area (Å²) in [5.41, 5.74) is 3.28. The highest BCUT2D eigenvalue weighted by Gasteiger charge is 2.13. The van der Waals surface area contributed by atoms with Crippen molar-refractivity contribution in [3.8, 4) is 0 Å². The second-order valence-electron chi connectivity index (χ2n) is 5.21. The number of hydrogen-bond donors (Lipinski definition) is 1. The van der Waals surface area contributed by atoms with Crippen molar-refractivity contribution >= 4 is 16.6 Å². The van der Waals surface area contributed by atoms with Gasteiger partial charge in [0, 0.05) is 30.3 Å². The van der Waals surface area contributed by atoms with E-state index in [4.69, 9.17) is 4.74 Å². The van der Waals surface area contributed by atoms with Gasteiger partial charge in [-0.05, 0) is 38.3 Å². The van der Waals surface area contributed by atoms with Crippen LogP contribution in [0.5, 0.6) is 0 Å². The van der Waals surface area contributed by atoms with Gasteiger partial charge < -0.3 is 10.1 Å². The van der Waals surface area contributed by atoms with Crippen molar-refractivity contribution < 1.29 is 4.74 Å². The maximum atomic E-state index is 5.51. The number of ether oxygens (including phenoxy) is 1. The lowest BCUT2D eigenvalue weighted by Gasteiger charge is -2.18. The Morgan fingerprint density at radius 3 is 3.05 bits per heavy atom. The van der Waals surface area contributed by atoms with Crippen LogP contribution in [0.3, 0.4) is 0 Å². The number of aryl methyl sites for hydroxylation is 1. The van der Waals surface area contributed by atoms with E-state index in [0.29, 0.717) is 6.04 Å². The van der Waals surface area contributed by atoms with Crippen molar-refractivity contribution in [2.24, 2.45) is 0 Å². The second-order valence-corrected chi connectivity index (χ2v) is 5.21. The number of rotatable bonds is 2. The molecule has 0 spiro atoms. The minimum atomic E-state index is 0.496. The fraction of sp³-hybridized carbons (Fsp3) is 0.438. The molecule has 1 atom stereocenters. The standard InChI is InChI=1S/C16H20N2O/c1-12-7-8-13-4-2-6-15(16(13)17-12)18-14-5-3-10-19-11-9-14/h2,4,6-8,14,18H,3,5,9-11H2,1H3. The SMILES string of the molecule is Cc1ccc2cccc(NC3CCCOCC3)c2n1. The third kappa shape index (κ3) is 2.87. The van der Waals surface area contributed by atoms with Crippen LogP contribution in [0.15, 0.2) is 30.3 Å². The van der Waals surface area contributed by atoms with Crippen LogP contribution in [0.4, 0.5) is 5.69 Å². The Labute approximate surface area is 114 Å². The largest absolute Gasteiger partial charge is 0.381 e. The fourth-order valence-corrected chi connectivity index (χ4v) is 2.63. The van der Waals surface area contributed by atoms with E-state index < -0.39 is 0 Å². The summed E-state index contributed by atoms with van der Waals surface area (Å²) in [6.45, 7) is 3.79. The predicted octanol–water partition coefficient (Wildman–Crippen LogP) is 3.52. The highest BCUT2D eigenvalue weighted by molar-refractivity contribution is 5.90. The van der Waals surface area contributed by atoms with Gasteiger partial charge in [-0.2, -0.15) is 0 Å². The van der Waals surface area contributed by atoms with Crippen molar-refractivity contribution in [3.63, 3.8) is 0 Å². The highest BCUT2D eigenvalue weighted by atomic mass is 16.5. The molecule has 1 aliphatic heterocycles. The third-order valence-corrected chi connectivity index (χ3v) is 3.67. The Balaban J connectivity index is 1.89. The first-order valence-electron chi connectivity index (χ1n) is 7.03. The van der Waals surface area contributed by atoms with Crippen molar-refractivity contribution in [2.75, 3.05) is 18.5 Å². The molecule has 1 aromatic heterocycles. The molecule has 1 unspecified atom stereocenters. The normalized spacial score (nSPS) is 20.2. The van der Waals surface area contributed by atoms with Crippen LogP contribution in [-0.4, -0.2) is 24.2 Å². The number of para-hydroxylation sites is 1. The summed E-state index contributed by atoms with van der Waals surface area (Å²) in [6, 6.07) is 11.0. The smallest absolute Gasteiger partial charge is 0.0936 e. The van der Waals surface area contributed by atoms with Gasteiger partial charge >= 0.3 is 0 Å². The summed E-state index contributed by atoms with van der Waals surface area (Å²) in [4.78, 5) is 4.67. The van der Waals surface area contributed by atoms with Crippen molar-refractivity contribution in [1.82, 2.24) is 4.98 Å². The van der Waals surface area contributed by atoms with Gasteiger partial charge in [-0.15, -0.1) is 0 Å². The number of nitrogens with one attached hydrogen (secondary N) is 1. The fourth-order valence-electron chi connectivity index (χ4n) is 2.63. The molecule has 1 fully saturated rings. The molecule has 3 heteroatoms. The zero-order chi connectivity index (χ0) is 13.1. The Kier molecular flexibility index (Phi) is 3.65. The van der Waals surface area contributed by atoms with E-state index in [1.54, 1.807) is 0 Å². The molecule has 0 aliphatic carbocycles. The summed E-state index contributed by atoms with van der Waals surface area (Å²) in [6.07, 6.45) is 3.37. The van der Waals surface area contributed by atoms with E-state index in [-0.39, 0.29) is 0 Å². The predicted molar refractivity (Wildman–Crippen MR) is 78.6 cm³/mol. The number of fused-ring (bicyclic) bond motifs is 1. The lowest BCUT2D eigenvalue weighted by atomic mass is 10.1. The zero-order valence-electron chi connectivity index (χ0n) is 11.4. The van der Waals surface area contributed by atoms with Crippen molar-refractivity contribution in [3.05, 3.63) is 36.0 Å². The minimum absolute atomic E-state index is 0.496. The first-order chi connectivity index (χ1) is 9.33. The molecule has 1 N–H and O–H groups in total. The second kappa shape index (κ2) is 5.57. The van der Waals surface area contributed by atoms with Gasteiger partial charge in [-0.3, -0.25) is 4.98 Å². The van der Waals surface area contributed by atoms with Crippen LogP contribution in [0.25, 0.3) is 10.9 Å². The molecule has 3 rings (SSSR count). The van der Waals surface area contributed by atoms with Crippen LogP contribution >= 0.6 is 0 Å². The van der Waals surface area contributed by atoms with Crippen molar-refractivity contribution in [2.45, 2.75) is 32.2 Å². The van der Waals surface area contributed by atoms with Crippen LogP contribution in [0, 0.1) is 6.92 Å².